The Bertz CT molecular complexity index is 3240. The van der Waals surface area contributed by atoms with E-state index in [4.69, 9.17) is 9.72 Å². The molecule has 0 fully saturated rings. The molecule has 0 spiro atoms. The molecule has 0 atom stereocenters. The summed E-state index contributed by atoms with van der Waals surface area (Å²) in [6.07, 6.45) is 4.22. The Balaban J connectivity index is 0.00000676. The number of ether oxygens (including phenoxy) is 1. The van der Waals surface area contributed by atoms with Gasteiger partial charge in [0.2, 0.25) is 0 Å². The number of rotatable bonds is 10. The van der Waals surface area contributed by atoms with Gasteiger partial charge in [-0.1, -0.05) is 194 Å². The van der Waals surface area contributed by atoms with Gasteiger partial charge in [-0.15, -0.1) is 53.8 Å². The second kappa shape index (κ2) is 19.3. The number of benzene rings is 6. The molecule has 0 radical (unpaired) electrons. The van der Waals surface area contributed by atoms with E-state index < -0.39 is 0 Å². The maximum Gasteiger partial charge on any atom is 0.135 e. The number of anilines is 2. The molecule has 2 aromatic heterocycles. The third kappa shape index (κ3) is 10.0. The maximum atomic E-state index is 7.26. The van der Waals surface area contributed by atoms with Crippen molar-refractivity contribution >= 4 is 33.2 Å². The van der Waals surface area contributed by atoms with Crippen LogP contribution < -0.4 is 14.5 Å². The fourth-order valence-corrected chi connectivity index (χ4v) is 10.1. The minimum absolute atomic E-state index is 0. The number of fused-ring (bicyclic) bond motifs is 3. The third-order valence-corrected chi connectivity index (χ3v) is 14.2. The van der Waals surface area contributed by atoms with E-state index in [0.29, 0.717) is 23.3 Å². The molecule has 8 aromatic rings. The molecular formula is C65H71N4OPt-3. The Morgan fingerprint density at radius 1 is 0.592 bits per heavy atom. The zero-order valence-corrected chi connectivity index (χ0v) is 46.8. The van der Waals surface area contributed by atoms with Gasteiger partial charge >= 0.3 is 0 Å². The molecule has 6 heteroatoms. The molecule has 370 valence electrons. The summed E-state index contributed by atoms with van der Waals surface area (Å²) in [4.78, 5) is 9.60. The van der Waals surface area contributed by atoms with Gasteiger partial charge in [-0.05, 0) is 98.0 Å². The van der Waals surface area contributed by atoms with Crippen molar-refractivity contribution < 1.29 is 25.8 Å². The van der Waals surface area contributed by atoms with Crippen LogP contribution in [-0.2, 0) is 37.3 Å². The zero-order valence-electron chi connectivity index (χ0n) is 44.5. The van der Waals surface area contributed by atoms with E-state index in [1.165, 1.54) is 44.3 Å². The van der Waals surface area contributed by atoms with Gasteiger partial charge < -0.3 is 19.1 Å². The standard InChI is InChI=1S/C65H71N4O.Pt/c1-42(2)52-28-22-29-53(43(3)4)60(52)44-33-49(68-41-67(40-58(68)64(11,12)13)48-26-21-25-47(35-48)65(14,15)45-23-17-16-18-24-45)37-50(34-44)70-51-38-55(63(8,9)10)61-54-27-19-20-30-56(54)69(57(61)39-51)59-36-46(31-32-66-59)62(5,6)7;/h16-36,38,40-43H,1-15H3;/q-3;. The van der Waals surface area contributed by atoms with Gasteiger partial charge in [0.05, 0.1) is 0 Å². The van der Waals surface area contributed by atoms with Gasteiger partial charge in [0.1, 0.15) is 5.82 Å². The number of hydrogen-bond donors (Lipinski definition) is 0. The number of pyridine rings is 1. The maximum absolute atomic E-state index is 7.26. The molecule has 0 amide bonds. The Morgan fingerprint density at radius 3 is 1.87 bits per heavy atom. The van der Waals surface area contributed by atoms with E-state index in [0.717, 1.165) is 44.9 Å². The van der Waals surface area contributed by atoms with Gasteiger partial charge in [0.25, 0.3) is 0 Å². The van der Waals surface area contributed by atoms with Crippen molar-refractivity contribution in [2.75, 3.05) is 9.80 Å². The minimum Gasteiger partial charge on any atom is -0.509 e. The molecule has 5 nitrogen and oxygen atoms in total. The molecule has 6 aromatic carbocycles. The average molecular weight is 1120 g/mol. The first kappa shape index (κ1) is 51.5. The van der Waals surface area contributed by atoms with Crippen LogP contribution in [0.1, 0.15) is 149 Å². The van der Waals surface area contributed by atoms with Crippen LogP contribution in [0.5, 0.6) is 11.5 Å². The second-order valence-electron chi connectivity index (χ2n) is 23.6. The number of hydrogen-bond acceptors (Lipinski definition) is 4. The molecule has 0 aliphatic carbocycles. The SMILES string of the molecule is CC(C)c1cccc(C(C)C)c1-c1cc(Oc2[c-]c3c(c(C(C)(C)C)c2)c2ccccc2n3-c2cc(C(C)(C)C)ccn2)[c-]c(N2[CH-]N(c3cccc(C(C)(C)c4ccccc4)c3)C=C2C(C)(C)C)c1.[Pt]. The molecule has 0 saturated heterocycles. The van der Waals surface area contributed by atoms with Gasteiger partial charge in [-0.3, -0.25) is 0 Å². The van der Waals surface area contributed by atoms with E-state index in [-0.39, 0.29) is 42.7 Å². The Kier molecular flexibility index (Phi) is 14.0. The Labute approximate surface area is 439 Å². The van der Waals surface area contributed by atoms with Crippen LogP contribution in [0.4, 0.5) is 11.4 Å². The average Bonchev–Trinajstić information content (AvgIpc) is 3.92. The molecule has 71 heavy (non-hydrogen) atoms. The molecule has 0 saturated carbocycles. The Hall–Kier alpha value is -5.90. The summed E-state index contributed by atoms with van der Waals surface area (Å²) in [6, 6.07) is 53.9. The molecular weight excluding hydrogens is 1050 g/mol. The van der Waals surface area contributed by atoms with Crippen molar-refractivity contribution in [3.63, 3.8) is 0 Å². The van der Waals surface area contributed by atoms with Crippen molar-refractivity contribution in [3.05, 3.63) is 198 Å². The first-order valence-corrected chi connectivity index (χ1v) is 25.2. The molecule has 0 N–H and O–H groups in total. The zero-order chi connectivity index (χ0) is 50.1. The molecule has 0 unspecified atom stereocenters. The summed E-state index contributed by atoms with van der Waals surface area (Å²) < 4.78 is 9.53. The van der Waals surface area contributed by atoms with Crippen molar-refractivity contribution in [1.29, 1.82) is 0 Å². The molecule has 3 heterocycles. The second-order valence-corrected chi connectivity index (χ2v) is 23.6. The normalized spacial score (nSPS) is 13.7. The van der Waals surface area contributed by atoms with Gasteiger partial charge in [-0.2, -0.15) is 0 Å². The smallest absolute Gasteiger partial charge is 0.135 e. The summed E-state index contributed by atoms with van der Waals surface area (Å²) in [6.45, 7) is 36.5. The van der Waals surface area contributed by atoms with Gasteiger partial charge in [-0.25, -0.2) is 4.98 Å². The monoisotopic (exact) mass is 1120 g/mol. The number of para-hydroxylation sites is 1. The summed E-state index contributed by atoms with van der Waals surface area (Å²) in [5, 5.41) is 2.33. The minimum atomic E-state index is -0.228. The molecule has 0 bridgehead atoms. The van der Waals surface area contributed by atoms with Crippen molar-refractivity contribution in [1.82, 2.24) is 9.55 Å². The Morgan fingerprint density at radius 2 is 1.23 bits per heavy atom. The summed E-state index contributed by atoms with van der Waals surface area (Å²) >= 11 is 0. The van der Waals surface area contributed by atoms with Crippen LogP contribution in [0, 0.1) is 24.2 Å². The van der Waals surface area contributed by atoms with Crippen LogP contribution in [0.15, 0.2) is 145 Å². The van der Waals surface area contributed by atoms with Crippen molar-refractivity contribution in [2.24, 2.45) is 5.41 Å². The number of allylic oxidation sites excluding steroid dienone is 1. The predicted molar refractivity (Wildman–Crippen MR) is 296 cm³/mol. The fourth-order valence-electron chi connectivity index (χ4n) is 10.1. The summed E-state index contributed by atoms with van der Waals surface area (Å²) in [7, 11) is 0. The quantitative estimate of drug-likeness (QED) is 0.128. The van der Waals surface area contributed by atoms with E-state index >= 15 is 0 Å². The fraction of sp³-hybridized carbons (Fsp3) is 0.323. The first-order chi connectivity index (χ1) is 33.0. The van der Waals surface area contributed by atoms with E-state index in [1.54, 1.807) is 0 Å². The third-order valence-electron chi connectivity index (χ3n) is 14.2. The van der Waals surface area contributed by atoms with Crippen LogP contribution in [0.2, 0.25) is 0 Å². The van der Waals surface area contributed by atoms with E-state index in [9.17, 15) is 0 Å². The number of aromatic nitrogens is 2. The topological polar surface area (TPSA) is 33.5 Å². The van der Waals surface area contributed by atoms with Crippen LogP contribution >= 0.6 is 0 Å². The van der Waals surface area contributed by atoms with Crippen LogP contribution in [-0.4, -0.2) is 9.55 Å². The van der Waals surface area contributed by atoms with Gasteiger partial charge in [0, 0.05) is 66.5 Å². The van der Waals surface area contributed by atoms with Crippen LogP contribution in [0.25, 0.3) is 38.8 Å². The molecule has 1 aliphatic rings. The molecule has 1 aliphatic heterocycles. The van der Waals surface area contributed by atoms with Crippen molar-refractivity contribution in [3.8, 4) is 28.4 Å². The predicted octanol–water partition coefficient (Wildman–Crippen LogP) is 17.7. The first-order valence-electron chi connectivity index (χ1n) is 25.2. The number of nitrogens with zero attached hydrogens (tertiary/aromatic N) is 4. The summed E-state index contributed by atoms with van der Waals surface area (Å²) in [5.41, 5.74) is 14.4. The van der Waals surface area contributed by atoms with Crippen molar-refractivity contribution in [2.45, 2.75) is 132 Å². The summed E-state index contributed by atoms with van der Waals surface area (Å²) in [5.74, 6) is 2.71. The largest absolute Gasteiger partial charge is 0.509 e. The van der Waals surface area contributed by atoms with Crippen LogP contribution in [0.3, 0.4) is 0 Å². The van der Waals surface area contributed by atoms with E-state index in [2.05, 4.69) is 271 Å². The molecule has 9 rings (SSSR count). The van der Waals surface area contributed by atoms with E-state index in [1.807, 2.05) is 6.20 Å². The van der Waals surface area contributed by atoms with Gasteiger partial charge in [0.15, 0.2) is 0 Å².